The highest BCUT2D eigenvalue weighted by Crippen LogP contribution is 2.25. The zero-order valence-electron chi connectivity index (χ0n) is 11.7. The summed E-state index contributed by atoms with van der Waals surface area (Å²) >= 11 is 0. The van der Waals surface area contributed by atoms with Crippen LogP contribution in [-0.4, -0.2) is 20.3 Å². The molecular weight excluding hydrogens is 210 g/mol. The molecule has 0 aliphatic carbocycles. The van der Waals surface area contributed by atoms with Crippen molar-refractivity contribution < 1.29 is 4.74 Å². The van der Waals surface area contributed by atoms with Gasteiger partial charge in [-0.2, -0.15) is 0 Å². The Morgan fingerprint density at radius 3 is 2.47 bits per heavy atom. The molecule has 1 aromatic rings. The van der Waals surface area contributed by atoms with Crippen LogP contribution in [0.1, 0.15) is 42.5 Å². The van der Waals surface area contributed by atoms with Gasteiger partial charge in [0.1, 0.15) is 0 Å². The van der Waals surface area contributed by atoms with Crippen molar-refractivity contribution in [3.8, 4) is 0 Å². The van der Waals surface area contributed by atoms with Gasteiger partial charge in [0.15, 0.2) is 0 Å². The molecule has 0 aromatic heterocycles. The van der Waals surface area contributed by atoms with Gasteiger partial charge in [-0.3, -0.25) is 0 Å². The van der Waals surface area contributed by atoms with Crippen LogP contribution in [0.5, 0.6) is 0 Å². The molecule has 0 amide bonds. The Bertz CT molecular complexity index is 349. The fourth-order valence-corrected chi connectivity index (χ4v) is 2.42. The van der Waals surface area contributed by atoms with Gasteiger partial charge in [0, 0.05) is 7.11 Å². The molecule has 0 saturated carbocycles. The Morgan fingerprint density at radius 2 is 2.00 bits per heavy atom. The summed E-state index contributed by atoms with van der Waals surface area (Å²) in [4.78, 5) is 0. The lowest BCUT2D eigenvalue weighted by Gasteiger charge is -2.27. The first-order valence-electron chi connectivity index (χ1n) is 6.41. The zero-order valence-corrected chi connectivity index (χ0v) is 11.7. The van der Waals surface area contributed by atoms with Gasteiger partial charge in [0.05, 0.1) is 12.1 Å². The summed E-state index contributed by atoms with van der Waals surface area (Å²) < 4.78 is 5.62. The van der Waals surface area contributed by atoms with Gasteiger partial charge in [0.25, 0.3) is 0 Å². The molecule has 0 radical (unpaired) electrons. The molecule has 1 rings (SSSR count). The highest BCUT2D eigenvalue weighted by Gasteiger charge is 2.21. The van der Waals surface area contributed by atoms with E-state index >= 15 is 0 Å². The second-order valence-corrected chi connectivity index (χ2v) is 4.69. The maximum Gasteiger partial charge on any atom is 0.0765 e. The Kier molecular flexibility index (Phi) is 5.66. The quantitative estimate of drug-likeness (QED) is 0.816. The molecule has 0 saturated heterocycles. The molecule has 0 aliphatic heterocycles. The van der Waals surface area contributed by atoms with Gasteiger partial charge in [-0.25, -0.2) is 0 Å². The molecule has 2 unspecified atom stereocenters. The van der Waals surface area contributed by atoms with E-state index in [2.05, 4.69) is 44.3 Å². The average Bonchev–Trinajstić information content (AvgIpc) is 2.31. The number of benzene rings is 1. The molecule has 0 heterocycles. The van der Waals surface area contributed by atoms with Gasteiger partial charge in [-0.1, -0.05) is 37.1 Å². The summed E-state index contributed by atoms with van der Waals surface area (Å²) in [5, 5.41) is 3.39. The van der Waals surface area contributed by atoms with Crippen molar-refractivity contribution in [3.63, 3.8) is 0 Å². The standard InChI is InChI=1S/C15H25NO/c1-6-7-14(17-5)15(16-4)13-9-8-11(2)10-12(13)3/h8-10,14-16H,6-7H2,1-5H3. The first kappa shape index (κ1) is 14.2. The predicted octanol–water partition coefficient (Wildman–Crippen LogP) is 3.38. The van der Waals surface area contributed by atoms with E-state index in [1.54, 1.807) is 7.11 Å². The zero-order chi connectivity index (χ0) is 12.8. The normalized spacial score (nSPS) is 14.6. The molecule has 2 atom stereocenters. The van der Waals surface area contributed by atoms with E-state index in [-0.39, 0.29) is 12.1 Å². The van der Waals surface area contributed by atoms with Crippen LogP contribution in [0.25, 0.3) is 0 Å². The minimum atomic E-state index is 0.242. The van der Waals surface area contributed by atoms with Crippen LogP contribution >= 0.6 is 0 Å². The van der Waals surface area contributed by atoms with Gasteiger partial charge in [-0.05, 0) is 38.4 Å². The topological polar surface area (TPSA) is 21.3 Å². The highest BCUT2D eigenvalue weighted by atomic mass is 16.5. The van der Waals surface area contributed by atoms with Crippen LogP contribution in [0.2, 0.25) is 0 Å². The number of hydrogen-bond acceptors (Lipinski definition) is 2. The first-order chi connectivity index (χ1) is 8.13. The number of hydrogen-bond donors (Lipinski definition) is 1. The van der Waals surface area contributed by atoms with Crippen LogP contribution in [0.4, 0.5) is 0 Å². The molecule has 0 spiro atoms. The van der Waals surface area contributed by atoms with Gasteiger partial charge in [-0.15, -0.1) is 0 Å². The minimum Gasteiger partial charge on any atom is -0.379 e. The van der Waals surface area contributed by atoms with E-state index in [4.69, 9.17) is 4.74 Å². The Labute approximate surface area is 105 Å². The molecule has 2 heteroatoms. The van der Waals surface area contributed by atoms with Crippen molar-refractivity contribution >= 4 is 0 Å². The van der Waals surface area contributed by atoms with E-state index in [0.29, 0.717) is 0 Å². The molecule has 1 aromatic carbocycles. The predicted molar refractivity (Wildman–Crippen MR) is 73.4 cm³/mol. The molecular formula is C15H25NO. The third-order valence-corrected chi connectivity index (χ3v) is 3.32. The number of ether oxygens (including phenoxy) is 1. The van der Waals surface area contributed by atoms with Crippen molar-refractivity contribution in [2.45, 2.75) is 45.8 Å². The third kappa shape index (κ3) is 3.55. The summed E-state index contributed by atoms with van der Waals surface area (Å²) in [5.41, 5.74) is 3.99. The minimum absolute atomic E-state index is 0.242. The van der Waals surface area contributed by atoms with Crippen LogP contribution in [0.15, 0.2) is 18.2 Å². The number of aryl methyl sites for hydroxylation is 2. The molecule has 2 nitrogen and oxygen atoms in total. The van der Waals surface area contributed by atoms with Gasteiger partial charge < -0.3 is 10.1 Å². The second kappa shape index (κ2) is 6.77. The average molecular weight is 235 g/mol. The lowest BCUT2D eigenvalue weighted by Crippen LogP contribution is -2.31. The highest BCUT2D eigenvalue weighted by molar-refractivity contribution is 5.33. The summed E-state index contributed by atoms with van der Waals surface area (Å²) in [6, 6.07) is 6.90. The SMILES string of the molecule is CCCC(OC)C(NC)c1ccc(C)cc1C. The molecule has 0 aliphatic rings. The Hall–Kier alpha value is -0.860. The molecule has 0 fully saturated rings. The van der Waals surface area contributed by atoms with Crippen LogP contribution in [-0.2, 0) is 4.74 Å². The lowest BCUT2D eigenvalue weighted by molar-refractivity contribution is 0.0628. The summed E-state index contributed by atoms with van der Waals surface area (Å²) in [6.07, 6.45) is 2.46. The van der Waals surface area contributed by atoms with Crippen molar-refractivity contribution in [3.05, 3.63) is 34.9 Å². The smallest absolute Gasteiger partial charge is 0.0765 e. The summed E-state index contributed by atoms with van der Waals surface area (Å²) in [6.45, 7) is 6.50. The second-order valence-electron chi connectivity index (χ2n) is 4.69. The van der Waals surface area contributed by atoms with Crippen LogP contribution < -0.4 is 5.32 Å². The van der Waals surface area contributed by atoms with E-state index in [1.165, 1.54) is 16.7 Å². The van der Waals surface area contributed by atoms with E-state index < -0.39 is 0 Å². The molecule has 1 N–H and O–H groups in total. The largest absolute Gasteiger partial charge is 0.379 e. The number of likely N-dealkylation sites (N-methyl/N-ethyl adjacent to an activating group) is 1. The summed E-state index contributed by atoms with van der Waals surface area (Å²) in [7, 11) is 3.81. The fraction of sp³-hybridized carbons (Fsp3) is 0.600. The van der Waals surface area contributed by atoms with Gasteiger partial charge in [0.2, 0.25) is 0 Å². The van der Waals surface area contributed by atoms with Crippen molar-refractivity contribution in [1.29, 1.82) is 0 Å². The fourth-order valence-electron chi connectivity index (χ4n) is 2.42. The first-order valence-corrected chi connectivity index (χ1v) is 6.41. The summed E-state index contributed by atoms with van der Waals surface area (Å²) in [5.74, 6) is 0. The molecule has 0 bridgehead atoms. The Morgan fingerprint density at radius 1 is 1.29 bits per heavy atom. The van der Waals surface area contributed by atoms with Gasteiger partial charge >= 0.3 is 0 Å². The van der Waals surface area contributed by atoms with E-state index in [0.717, 1.165) is 12.8 Å². The van der Waals surface area contributed by atoms with Crippen molar-refractivity contribution in [2.24, 2.45) is 0 Å². The molecule has 96 valence electrons. The van der Waals surface area contributed by atoms with Crippen molar-refractivity contribution in [2.75, 3.05) is 14.2 Å². The van der Waals surface area contributed by atoms with Crippen LogP contribution in [0.3, 0.4) is 0 Å². The Balaban J connectivity index is 2.99. The number of nitrogens with one attached hydrogen (secondary N) is 1. The monoisotopic (exact) mass is 235 g/mol. The van der Waals surface area contributed by atoms with E-state index in [9.17, 15) is 0 Å². The number of methoxy groups -OCH3 is 1. The lowest BCUT2D eigenvalue weighted by atomic mass is 9.93. The van der Waals surface area contributed by atoms with Crippen LogP contribution in [0, 0.1) is 13.8 Å². The maximum absolute atomic E-state index is 5.62. The third-order valence-electron chi connectivity index (χ3n) is 3.32. The maximum atomic E-state index is 5.62. The molecule has 17 heavy (non-hydrogen) atoms. The van der Waals surface area contributed by atoms with Crippen molar-refractivity contribution in [1.82, 2.24) is 5.32 Å². The number of rotatable bonds is 6. The van der Waals surface area contributed by atoms with E-state index in [1.807, 2.05) is 7.05 Å².